The third-order valence-electron chi connectivity index (χ3n) is 3.34. The molecular formula is C13H15ClN2O3. The number of likely N-dealkylation sites (tertiary alicyclic amines) is 1. The molecule has 0 atom stereocenters. The molecule has 2 heterocycles. The number of aliphatic carboxylic acids is 1. The van der Waals surface area contributed by atoms with Gasteiger partial charge in [-0.05, 0) is 30.9 Å². The number of rotatable bonds is 3. The summed E-state index contributed by atoms with van der Waals surface area (Å²) in [5.74, 6) is -0.672. The fourth-order valence-corrected chi connectivity index (χ4v) is 2.38. The molecule has 1 fully saturated rings. The second kappa shape index (κ2) is 6.02. The summed E-state index contributed by atoms with van der Waals surface area (Å²) < 4.78 is 0. The van der Waals surface area contributed by atoms with Gasteiger partial charge < -0.3 is 10.0 Å². The van der Waals surface area contributed by atoms with E-state index in [0.29, 0.717) is 23.8 Å². The number of halogens is 1. The van der Waals surface area contributed by atoms with Crippen molar-refractivity contribution in [2.75, 3.05) is 13.1 Å². The van der Waals surface area contributed by atoms with Crippen molar-refractivity contribution >= 4 is 23.5 Å². The number of carboxylic acids is 1. The molecule has 1 aliphatic heterocycles. The van der Waals surface area contributed by atoms with Gasteiger partial charge in [0, 0.05) is 25.7 Å². The van der Waals surface area contributed by atoms with Crippen LogP contribution in [-0.2, 0) is 4.79 Å². The maximum Gasteiger partial charge on any atom is 0.303 e. The standard InChI is InChI=1S/C13H15ClN2O3/c14-11-2-1-10(8-15-11)13(19)16-5-3-9(4-6-16)7-12(17)18/h1-2,8-9H,3-7H2,(H,17,18). The van der Waals surface area contributed by atoms with Crippen LogP contribution in [0.5, 0.6) is 0 Å². The Morgan fingerprint density at radius 1 is 1.37 bits per heavy atom. The molecule has 1 aliphatic rings. The van der Waals surface area contributed by atoms with Gasteiger partial charge in [0.25, 0.3) is 5.91 Å². The minimum atomic E-state index is -0.772. The van der Waals surface area contributed by atoms with Gasteiger partial charge in [0.05, 0.1) is 5.56 Å². The molecule has 19 heavy (non-hydrogen) atoms. The van der Waals surface area contributed by atoms with Crippen LogP contribution in [0, 0.1) is 5.92 Å². The highest BCUT2D eigenvalue weighted by atomic mass is 35.5. The van der Waals surface area contributed by atoms with Crippen molar-refractivity contribution in [1.82, 2.24) is 9.88 Å². The quantitative estimate of drug-likeness (QED) is 0.862. The topological polar surface area (TPSA) is 70.5 Å². The molecule has 0 unspecified atom stereocenters. The molecule has 1 aromatic heterocycles. The Labute approximate surface area is 116 Å². The number of aromatic nitrogens is 1. The summed E-state index contributed by atoms with van der Waals surface area (Å²) in [5.41, 5.74) is 0.515. The number of hydrogen-bond acceptors (Lipinski definition) is 3. The van der Waals surface area contributed by atoms with E-state index in [2.05, 4.69) is 4.98 Å². The van der Waals surface area contributed by atoms with Crippen molar-refractivity contribution in [3.63, 3.8) is 0 Å². The Balaban J connectivity index is 1.92. The Bertz CT molecular complexity index is 467. The molecule has 1 amide bonds. The van der Waals surface area contributed by atoms with Gasteiger partial charge in [0.1, 0.15) is 5.15 Å². The highest BCUT2D eigenvalue weighted by Gasteiger charge is 2.25. The van der Waals surface area contributed by atoms with Crippen LogP contribution < -0.4 is 0 Å². The van der Waals surface area contributed by atoms with E-state index in [-0.39, 0.29) is 18.2 Å². The SMILES string of the molecule is O=C(O)CC1CCN(C(=O)c2ccc(Cl)nc2)CC1. The van der Waals surface area contributed by atoms with Crippen molar-refractivity contribution in [1.29, 1.82) is 0 Å². The number of carbonyl (C=O) groups excluding carboxylic acids is 1. The maximum atomic E-state index is 12.2. The number of carboxylic acid groups (broad SMARTS) is 1. The second-order valence-corrected chi connectivity index (χ2v) is 5.09. The van der Waals surface area contributed by atoms with Crippen LogP contribution in [0.2, 0.25) is 5.15 Å². The Hall–Kier alpha value is -1.62. The predicted molar refractivity (Wildman–Crippen MR) is 70.1 cm³/mol. The second-order valence-electron chi connectivity index (χ2n) is 4.70. The lowest BCUT2D eigenvalue weighted by Gasteiger charge is -2.31. The number of carbonyl (C=O) groups is 2. The van der Waals surface area contributed by atoms with Crippen LogP contribution in [0.3, 0.4) is 0 Å². The van der Waals surface area contributed by atoms with Crippen LogP contribution in [0.1, 0.15) is 29.6 Å². The maximum absolute atomic E-state index is 12.2. The number of piperidine rings is 1. The van der Waals surface area contributed by atoms with Crippen LogP contribution in [0.4, 0.5) is 0 Å². The minimum absolute atomic E-state index is 0.0714. The van der Waals surface area contributed by atoms with Crippen molar-refractivity contribution in [3.8, 4) is 0 Å². The summed E-state index contributed by atoms with van der Waals surface area (Å²) in [7, 11) is 0. The monoisotopic (exact) mass is 282 g/mol. The summed E-state index contributed by atoms with van der Waals surface area (Å²) in [6.45, 7) is 1.19. The van der Waals surface area contributed by atoms with Gasteiger partial charge in [-0.3, -0.25) is 9.59 Å². The molecule has 5 nitrogen and oxygen atoms in total. The van der Waals surface area contributed by atoms with Crippen LogP contribution >= 0.6 is 11.6 Å². The van der Waals surface area contributed by atoms with Crippen LogP contribution in [0.25, 0.3) is 0 Å². The van der Waals surface area contributed by atoms with Gasteiger partial charge >= 0.3 is 5.97 Å². The van der Waals surface area contributed by atoms with Crippen molar-refractivity contribution < 1.29 is 14.7 Å². The first-order valence-electron chi connectivity index (χ1n) is 6.19. The van der Waals surface area contributed by atoms with Gasteiger partial charge in [0.2, 0.25) is 0 Å². The lowest BCUT2D eigenvalue weighted by atomic mass is 9.93. The first-order chi connectivity index (χ1) is 9.06. The van der Waals surface area contributed by atoms with Gasteiger partial charge in [0.15, 0.2) is 0 Å². The molecule has 0 radical (unpaired) electrons. The van der Waals surface area contributed by atoms with Gasteiger partial charge in [-0.15, -0.1) is 0 Å². The molecule has 6 heteroatoms. The molecule has 2 rings (SSSR count). The van der Waals surface area contributed by atoms with E-state index in [1.54, 1.807) is 17.0 Å². The molecule has 0 spiro atoms. The average molecular weight is 283 g/mol. The number of nitrogens with zero attached hydrogens (tertiary/aromatic N) is 2. The molecule has 1 aromatic rings. The van der Waals surface area contributed by atoms with Crippen LogP contribution in [-0.4, -0.2) is 40.0 Å². The molecule has 0 bridgehead atoms. The zero-order valence-corrected chi connectivity index (χ0v) is 11.1. The fraction of sp³-hybridized carbons (Fsp3) is 0.462. The molecule has 102 valence electrons. The molecule has 1 saturated heterocycles. The summed E-state index contributed by atoms with van der Waals surface area (Å²) in [6.07, 6.45) is 3.12. The first-order valence-corrected chi connectivity index (χ1v) is 6.56. The third kappa shape index (κ3) is 3.67. The normalized spacial score (nSPS) is 16.4. The van der Waals surface area contributed by atoms with Crippen molar-refractivity contribution in [2.45, 2.75) is 19.3 Å². The van der Waals surface area contributed by atoms with Gasteiger partial charge in [-0.25, -0.2) is 4.98 Å². The molecular weight excluding hydrogens is 268 g/mol. The zero-order valence-electron chi connectivity index (χ0n) is 10.4. The zero-order chi connectivity index (χ0) is 13.8. The lowest BCUT2D eigenvalue weighted by molar-refractivity contribution is -0.138. The summed E-state index contributed by atoms with van der Waals surface area (Å²) in [6, 6.07) is 3.24. The minimum Gasteiger partial charge on any atom is -0.481 e. The smallest absolute Gasteiger partial charge is 0.303 e. The van der Waals surface area contributed by atoms with Gasteiger partial charge in [-0.2, -0.15) is 0 Å². The summed E-state index contributed by atoms with van der Waals surface area (Å²) in [4.78, 5) is 28.4. The highest BCUT2D eigenvalue weighted by Crippen LogP contribution is 2.21. The molecule has 0 saturated carbocycles. The van der Waals surface area contributed by atoms with E-state index < -0.39 is 5.97 Å². The largest absolute Gasteiger partial charge is 0.481 e. The molecule has 0 aromatic carbocycles. The van der Waals surface area contributed by atoms with Gasteiger partial charge in [-0.1, -0.05) is 11.6 Å². The fourth-order valence-electron chi connectivity index (χ4n) is 2.27. The van der Waals surface area contributed by atoms with Crippen molar-refractivity contribution in [3.05, 3.63) is 29.0 Å². The lowest BCUT2D eigenvalue weighted by Crippen LogP contribution is -2.38. The Morgan fingerprint density at radius 3 is 2.58 bits per heavy atom. The van der Waals surface area contributed by atoms with E-state index in [1.165, 1.54) is 6.20 Å². The number of amides is 1. The molecule has 0 aliphatic carbocycles. The van der Waals surface area contributed by atoms with E-state index in [4.69, 9.17) is 16.7 Å². The van der Waals surface area contributed by atoms with E-state index >= 15 is 0 Å². The van der Waals surface area contributed by atoms with Crippen LogP contribution in [0.15, 0.2) is 18.3 Å². The summed E-state index contributed by atoms with van der Waals surface area (Å²) in [5, 5.41) is 9.10. The summed E-state index contributed by atoms with van der Waals surface area (Å²) >= 11 is 5.68. The third-order valence-corrected chi connectivity index (χ3v) is 3.56. The highest BCUT2D eigenvalue weighted by molar-refractivity contribution is 6.29. The Kier molecular flexibility index (Phi) is 4.37. The predicted octanol–water partition coefficient (Wildman–Crippen LogP) is 2.06. The van der Waals surface area contributed by atoms with E-state index in [1.807, 2.05) is 0 Å². The number of hydrogen-bond donors (Lipinski definition) is 1. The van der Waals surface area contributed by atoms with E-state index in [9.17, 15) is 9.59 Å². The van der Waals surface area contributed by atoms with E-state index in [0.717, 1.165) is 12.8 Å². The Morgan fingerprint density at radius 2 is 2.05 bits per heavy atom. The first kappa shape index (κ1) is 13.8. The molecule has 1 N–H and O–H groups in total. The average Bonchev–Trinajstić information content (AvgIpc) is 2.39. The number of pyridine rings is 1. The van der Waals surface area contributed by atoms with Crippen molar-refractivity contribution in [2.24, 2.45) is 5.92 Å².